The van der Waals surface area contributed by atoms with Crippen molar-refractivity contribution in [2.24, 2.45) is 0 Å². The number of nitrogens with one attached hydrogen (secondary N) is 1. The molecule has 5 nitrogen and oxygen atoms in total. The Hall–Kier alpha value is -2.54. The summed E-state index contributed by atoms with van der Waals surface area (Å²) < 4.78 is 13.5. The van der Waals surface area contributed by atoms with Crippen molar-refractivity contribution >= 4 is 35.0 Å². The number of benzene rings is 2. The molecule has 0 saturated carbocycles. The fourth-order valence-electron chi connectivity index (χ4n) is 3.19. The first-order valence-corrected chi connectivity index (χ1v) is 10.4. The second kappa shape index (κ2) is 9.59. The highest BCUT2D eigenvalue weighted by Crippen LogP contribution is 2.21. The lowest BCUT2D eigenvalue weighted by Crippen LogP contribution is -2.49. The van der Waals surface area contributed by atoms with Gasteiger partial charge in [0.2, 0.25) is 11.8 Å². The smallest absolute Gasteiger partial charge is 0.234 e. The number of nitrogens with zero attached hydrogens (tertiary/aromatic N) is 2. The average Bonchev–Trinajstić information content (AvgIpc) is 2.70. The minimum atomic E-state index is -0.469. The zero-order chi connectivity index (χ0) is 19.9. The summed E-state index contributed by atoms with van der Waals surface area (Å²) in [5.74, 6) is -0.387. The second-order valence-corrected chi connectivity index (χ2v) is 7.66. The van der Waals surface area contributed by atoms with E-state index >= 15 is 0 Å². The van der Waals surface area contributed by atoms with Crippen LogP contribution in [0.25, 0.3) is 0 Å². The molecule has 1 aliphatic rings. The number of hydrogen-bond donors (Lipinski definition) is 1. The molecule has 1 saturated heterocycles. The Bertz CT molecular complexity index is 838. The van der Waals surface area contributed by atoms with Crippen LogP contribution in [0.15, 0.2) is 48.5 Å². The Balaban J connectivity index is 1.39. The number of para-hydroxylation sites is 2. The first kappa shape index (κ1) is 20.2. The summed E-state index contributed by atoms with van der Waals surface area (Å²) in [4.78, 5) is 28.5. The van der Waals surface area contributed by atoms with E-state index in [4.69, 9.17) is 0 Å². The molecule has 2 aromatic carbocycles. The Labute approximate surface area is 168 Å². The molecule has 0 spiro atoms. The van der Waals surface area contributed by atoms with E-state index in [2.05, 4.69) is 29.3 Å². The SMILES string of the molecule is Cc1ccccc1N1CCN(C(=O)CSCC(=O)Nc2ccccc2F)CC1. The molecule has 3 rings (SSSR count). The van der Waals surface area contributed by atoms with Gasteiger partial charge < -0.3 is 15.1 Å². The number of hydrogen-bond acceptors (Lipinski definition) is 4. The van der Waals surface area contributed by atoms with Crippen molar-refractivity contribution in [1.29, 1.82) is 0 Å². The number of anilines is 2. The van der Waals surface area contributed by atoms with E-state index < -0.39 is 5.82 Å². The van der Waals surface area contributed by atoms with Gasteiger partial charge in [0.05, 0.1) is 17.2 Å². The number of piperazine rings is 1. The van der Waals surface area contributed by atoms with E-state index in [1.54, 1.807) is 12.1 Å². The minimum Gasteiger partial charge on any atom is -0.368 e. The molecule has 0 radical (unpaired) electrons. The van der Waals surface area contributed by atoms with Gasteiger partial charge in [0, 0.05) is 31.9 Å². The van der Waals surface area contributed by atoms with E-state index in [0.29, 0.717) is 13.1 Å². The lowest BCUT2D eigenvalue weighted by Gasteiger charge is -2.36. The Morgan fingerprint density at radius 1 is 1.00 bits per heavy atom. The normalized spacial score (nSPS) is 14.1. The number of amides is 2. The molecule has 2 aromatic rings. The molecule has 1 heterocycles. The van der Waals surface area contributed by atoms with Crippen molar-refractivity contribution in [1.82, 2.24) is 4.90 Å². The second-order valence-electron chi connectivity index (χ2n) is 6.68. The summed E-state index contributed by atoms with van der Waals surface area (Å²) >= 11 is 1.25. The van der Waals surface area contributed by atoms with Crippen LogP contribution in [0, 0.1) is 12.7 Å². The Morgan fingerprint density at radius 3 is 2.39 bits per heavy atom. The van der Waals surface area contributed by atoms with Crippen LogP contribution in [-0.2, 0) is 9.59 Å². The maximum Gasteiger partial charge on any atom is 0.234 e. The van der Waals surface area contributed by atoms with Crippen LogP contribution in [0.2, 0.25) is 0 Å². The Morgan fingerprint density at radius 2 is 1.68 bits per heavy atom. The molecular formula is C21H24FN3O2S. The third kappa shape index (κ3) is 5.25. The van der Waals surface area contributed by atoms with E-state index in [1.165, 1.54) is 35.1 Å². The van der Waals surface area contributed by atoms with Crippen molar-refractivity contribution < 1.29 is 14.0 Å². The summed E-state index contributed by atoms with van der Waals surface area (Å²) in [6.07, 6.45) is 0. The largest absolute Gasteiger partial charge is 0.368 e. The molecule has 28 heavy (non-hydrogen) atoms. The lowest BCUT2D eigenvalue weighted by molar-refractivity contribution is -0.128. The van der Waals surface area contributed by atoms with Gasteiger partial charge in [0.25, 0.3) is 0 Å². The van der Waals surface area contributed by atoms with Gasteiger partial charge in [-0.3, -0.25) is 9.59 Å². The maximum absolute atomic E-state index is 13.5. The molecule has 0 unspecified atom stereocenters. The molecule has 7 heteroatoms. The molecule has 0 atom stereocenters. The van der Waals surface area contributed by atoms with Gasteiger partial charge in [-0.1, -0.05) is 30.3 Å². The van der Waals surface area contributed by atoms with Crippen LogP contribution < -0.4 is 10.2 Å². The number of halogens is 1. The molecular weight excluding hydrogens is 377 g/mol. The van der Waals surface area contributed by atoms with E-state index in [0.717, 1.165) is 13.1 Å². The summed E-state index contributed by atoms with van der Waals surface area (Å²) in [5, 5.41) is 2.53. The third-order valence-corrected chi connectivity index (χ3v) is 5.61. The highest BCUT2D eigenvalue weighted by Gasteiger charge is 2.22. The van der Waals surface area contributed by atoms with Crippen molar-refractivity contribution in [2.75, 3.05) is 47.9 Å². The van der Waals surface area contributed by atoms with Crippen molar-refractivity contribution in [2.45, 2.75) is 6.92 Å². The first-order chi connectivity index (χ1) is 13.5. The van der Waals surface area contributed by atoms with E-state index in [-0.39, 0.29) is 29.0 Å². The number of carbonyl (C=O) groups excluding carboxylic acids is 2. The van der Waals surface area contributed by atoms with Crippen LogP contribution >= 0.6 is 11.8 Å². The zero-order valence-electron chi connectivity index (χ0n) is 15.9. The van der Waals surface area contributed by atoms with Gasteiger partial charge in [-0.15, -0.1) is 11.8 Å². The molecule has 1 aliphatic heterocycles. The third-order valence-electron chi connectivity index (χ3n) is 4.70. The standard InChI is InChI=1S/C21H24FN3O2S/c1-16-6-2-5-9-19(16)24-10-12-25(13-11-24)21(27)15-28-14-20(26)23-18-8-4-3-7-17(18)22/h2-9H,10-15H2,1H3,(H,23,26). The highest BCUT2D eigenvalue weighted by atomic mass is 32.2. The number of rotatable bonds is 6. The predicted octanol–water partition coefficient (Wildman–Crippen LogP) is 3.15. The molecule has 0 aliphatic carbocycles. The van der Waals surface area contributed by atoms with Crippen molar-refractivity contribution in [3.8, 4) is 0 Å². The molecule has 2 amide bonds. The van der Waals surface area contributed by atoms with Gasteiger partial charge in [-0.05, 0) is 30.7 Å². The average molecular weight is 402 g/mol. The monoisotopic (exact) mass is 401 g/mol. The van der Waals surface area contributed by atoms with Crippen LogP contribution in [0.3, 0.4) is 0 Å². The van der Waals surface area contributed by atoms with Gasteiger partial charge >= 0.3 is 0 Å². The maximum atomic E-state index is 13.5. The Kier molecular flexibility index (Phi) is 6.92. The molecule has 1 N–H and O–H groups in total. The number of carbonyl (C=O) groups is 2. The molecule has 0 bridgehead atoms. The van der Waals surface area contributed by atoms with Crippen LogP contribution in [0.5, 0.6) is 0 Å². The summed E-state index contributed by atoms with van der Waals surface area (Å²) in [6.45, 7) is 5.05. The van der Waals surface area contributed by atoms with Crippen molar-refractivity contribution in [3.63, 3.8) is 0 Å². The number of thioether (sulfide) groups is 1. The summed E-state index contributed by atoms with van der Waals surface area (Å²) in [5.41, 5.74) is 2.61. The van der Waals surface area contributed by atoms with Gasteiger partial charge in [0.1, 0.15) is 5.82 Å². The molecule has 148 valence electrons. The molecule has 1 fully saturated rings. The van der Waals surface area contributed by atoms with E-state index in [1.807, 2.05) is 17.0 Å². The predicted molar refractivity (Wildman–Crippen MR) is 112 cm³/mol. The minimum absolute atomic E-state index is 0.0353. The van der Waals surface area contributed by atoms with Crippen LogP contribution in [0.1, 0.15) is 5.56 Å². The first-order valence-electron chi connectivity index (χ1n) is 9.25. The highest BCUT2D eigenvalue weighted by molar-refractivity contribution is 8.00. The summed E-state index contributed by atoms with van der Waals surface area (Å²) in [7, 11) is 0. The zero-order valence-corrected chi connectivity index (χ0v) is 16.7. The van der Waals surface area contributed by atoms with Gasteiger partial charge in [0.15, 0.2) is 0 Å². The van der Waals surface area contributed by atoms with Gasteiger partial charge in [-0.2, -0.15) is 0 Å². The van der Waals surface area contributed by atoms with Crippen LogP contribution in [-0.4, -0.2) is 54.4 Å². The summed E-state index contributed by atoms with van der Waals surface area (Å²) in [6, 6.07) is 14.3. The fraction of sp³-hybridized carbons (Fsp3) is 0.333. The van der Waals surface area contributed by atoms with E-state index in [9.17, 15) is 14.0 Å². The van der Waals surface area contributed by atoms with Gasteiger partial charge in [-0.25, -0.2) is 4.39 Å². The quantitative estimate of drug-likeness (QED) is 0.808. The van der Waals surface area contributed by atoms with Crippen LogP contribution in [0.4, 0.5) is 15.8 Å². The van der Waals surface area contributed by atoms with Crippen molar-refractivity contribution in [3.05, 3.63) is 59.9 Å². The lowest BCUT2D eigenvalue weighted by atomic mass is 10.1. The fourth-order valence-corrected chi connectivity index (χ4v) is 3.90. The molecule has 0 aromatic heterocycles. The topological polar surface area (TPSA) is 52.7 Å². The number of aryl methyl sites for hydroxylation is 1.